The minimum Gasteiger partial charge on any atom is -0.497 e. The highest BCUT2D eigenvalue weighted by Gasteiger charge is 2.27. The van der Waals surface area contributed by atoms with E-state index in [0.717, 1.165) is 46.8 Å². The first-order valence-electron chi connectivity index (χ1n) is 8.96. The number of aromatic amines is 1. The van der Waals surface area contributed by atoms with Crippen LogP contribution in [0.2, 0.25) is 0 Å². The quantitative estimate of drug-likeness (QED) is 0.758. The molecule has 0 radical (unpaired) electrons. The van der Waals surface area contributed by atoms with Crippen LogP contribution in [0, 0.1) is 0 Å². The van der Waals surface area contributed by atoms with Gasteiger partial charge in [0.25, 0.3) is 0 Å². The maximum absolute atomic E-state index is 13.4. The number of H-pyrrole nitrogens is 1. The van der Waals surface area contributed by atoms with Crippen molar-refractivity contribution in [3.63, 3.8) is 0 Å². The predicted molar refractivity (Wildman–Crippen MR) is 105 cm³/mol. The van der Waals surface area contributed by atoms with Crippen molar-refractivity contribution >= 4 is 27.5 Å². The molecule has 26 heavy (non-hydrogen) atoms. The number of fused-ring (bicyclic) bond motifs is 2. The number of methoxy groups -OCH3 is 1. The van der Waals surface area contributed by atoms with E-state index < -0.39 is 10.8 Å². The molecule has 4 rings (SSSR count). The summed E-state index contributed by atoms with van der Waals surface area (Å²) < 4.78 is 18.6. The van der Waals surface area contributed by atoms with Gasteiger partial charge in [-0.15, -0.1) is 0 Å². The molecule has 2 atom stereocenters. The third-order valence-corrected chi connectivity index (χ3v) is 6.39. The van der Waals surface area contributed by atoms with Crippen LogP contribution in [0.25, 0.3) is 11.0 Å². The van der Waals surface area contributed by atoms with E-state index in [0.29, 0.717) is 11.2 Å². The van der Waals surface area contributed by atoms with Gasteiger partial charge in [-0.2, -0.15) is 0 Å². The minimum absolute atomic E-state index is 0.450. The van der Waals surface area contributed by atoms with Gasteiger partial charge in [0.05, 0.1) is 28.7 Å². The Morgan fingerprint density at radius 1 is 1.35 bits per heavy atom. The summed E-state index contributed by atoms with van der Waals surface area (Å²) in [7, 11) is 0.268. The van der Waals surface area contributed by atoms with E-state index in [1.165, 1.54) is 5.56 Å². The number of ether oxygens (including phenoxy) is 1. The summed E-state index contributed by atoms with van der Waals surface area (Å²) in [6.45, 7) is 5.29. The van der Waals surface area contributed by atoms with Crippen LogP contribution in [0.3, 0.4) is 0 Å². The van der Waals surface area contributed by atoms with E-state index in [-0.39, 0.29) is 0 Å². The fraction of sp³-hybridized carbons (Fsp3) is 0.350. The van der Waals surface area contributed by atoms with Crippen molar-refractivity contribution in [2.24, 2.45) is 0 Å². The second-order valence-electron chi connectivity index (χ2n) is 6.63. The Kier molecular flexibility index (Phi) is 4.44. The SMILES string of the molecule is CCN1c2c(cccc2S(=O)c2nc3ccc(OC)cc3[nH]2)CCC1C. The van der Waals surface area contributed by atoms with E-state index in [9.17, 15) is 4.21 Å². The molecule has 0 aliphatic carbocycles. The van der Waals surface area contributed by atoms with Gasteiger partial charge in [0, 0.05) is 18.7 Å². The number of nitrogens with one attached hydrogen (secondary N) is 1. The molecule has 1 aliphatic heterocycles. The van der Waals surface area contributed by atoms with Gasteiger partial charge in [-0.3, -0.25) is 0 Å². The normalized spacial score (nSPS) is 18.0. The molecule has 0 bridgehead atoms. The number of hydrogen-bond acceptors (Lipinski definition) is 4. The van der Waals surface area contributed by atoms with E-state index >= 15 is 0 Å². The summed E-state index contributed by atoms with van der Waals surface area (Å²) >= 11 is 0. The highest BCUT2D eigenvalue weighted by molar-refractivity contribution is 7.85. The Hall–Kier alpha value is -2.34. The summed E-state index contributed by atoms with van der Waals surface area (Å²) in [6.07, 6.45) is 2.15. The zero-order valence-electron chi connectivity index (χ0n) is 15.3. The minimum atomic E-state index is -1.36. The Balaban J connectivity index is 1.80. The number of anilines is 1. The Bertz CT molecular complexity index is 982. The lowest BCUT2D eigenvalue weighted by Crippen LogP contribution is -2.37. The maximum atomic E-state index is 13.4. The molecule has 0 saturated carbocycles. The molecule has 0 spiro atoms. The maximum Gasteiger partial charge on any atom is 0.202 e. The topological polar surface area (TPSA) is 58.2 Å². The van der Waals surface area contributed by atoms with Gasteiger partial charge in [0.2, 0.25) is 5.16 Å². The molecular formula is C20H23N3O2S. The molecule has 0 saturated heterocycles. The molecule has 2 heterocycles. The molecule has 1 N–H and O–H groups in total. The smallest absolute Gasteiger partial charge is 0.202 e. The summed E-state index contributed by atoms with van der Waals surface area (Å²) in [6, 6.07) is 12.2. The number of imidazole rings is 1. The fourth-order valence-corrected chi connectivity index (χ4v) is 4.96. The molecule has 0 fully saturated rings. The number of benzene rings is 2. The molecule has 136 valence electrons. The predicted octanol–water partition coefficient (Wildman–Crippen LogP) is 3.90. The Morgan fingerprint density at radius 2 is 2.19 bits per heavy atom. The summed E-state index contributed by atoms with van der Waals surface area (Å²) in [4.78, 5) is 11.0. The van der Waals surface area contributed by atoms with Crippen LogP contribution in [0.5, 0.6) is 5.75 Å². The van der Waals surface area contributed by atoms with E-state index in [4.69, 9.17) is 4.74 Å². The molecular weight excluding hydrogens is 346 g/mol. The summed E-state index contributed by atoms with van der Waals surface area (Å²) in [5, 5.41) is 0.482. The number of nitrogens with zero attached hydrogens (tertiary/aromatic N) is 2. The van der Waals surface area contributed by atoms with Gasteiger partial charge in [-0.25, -0.2) is 9.19 Å². The lowest BCUT2D eigenvalue weighted by atomic mass is 9.97. The van der Waals surface area contributed by atoms with Crippen LogP contribution in [-0.4, -0.2) is 33.9 Å². The third kappa shape index (κ3) is 2.78. The summed E-state index contributed by atoms with van der Waals surface area (Å²) in [5.74, 6) is 0.751. The van der Waals surface area contributed by atoms with Crippen LogP contribution in [0.4, 0.5) is 5.69 Å². The second-order valence-corrected chi connectivity index (χ2v) is 8.00. The number of hydrogen-bond donors (Lipinski definition) is 1. The number of aryl methyl sites for hydroxylation is 1. The third-order valence-electron chi connectivity index (χ3n) is 5.12. The van der Waals surface area contributed by atoms with Crippen LogP contribution < -0.4 is 9.64 Å². The van der Waals surface area contributed by atoms with Gasteiger partial charge in [0.15, 0.2) is 0 Å². The Morgan fingerprint density at radius 3 is 2.96 bits per heavy atom. The molecule has 6 heteroatoms. The molecule has 3 aromatic rings. The largest absolute Gasteiger partial charge is 0.497 e. The van der Waals surface area contributed by atoms with Crippen molar-refractivity contribution in [2.75, 3.05) is 18.6 Å². The number of aromatic nitrogens is 2. The Labute approximate surface area is 155 Å². The lowest BCUT2D eigenvalue weighted by molar-refractivity contribution is 0.415. The average molecular weight is 369 g/mol. The van der Waals surface area contributed by atoms with Gasteiger partial charge in [-0.1, -0.05) is 12.1 Å². The van der Waals surface area contributed by atoms with Crippen molar-refractivity contribution in [1.82, 2.24) is 9.97 Å². The molecule has 1 aromatic heterocycles. The van der Waals surface area contributed by atoms with Crippen LogP contribution in [-0.2, 0) is 17.2 Å². The van der Waals surface area contributed by atoms with Gasteiger partial charge < -0.3 is 14.6 Å². The molecule has 0 amide bonds. The fourth-order valence-electron chi connectivity index (χ4n) is 3.74. The highest BCUT2D eigenvalue weighted by atomic mass is 32.2. The molecule has 5 nitrogen and oxygen atoms in total. The van der Waals surface area contributed by atoms with Crippen LogP contribution >= 0.6 is 0 Å². The van der Waals surface area contributed by atoms with Crippen LogP contribution in [0.1, 0.15) is 25.8 Å². The van der Waals surface area contributed by atoms with Gasteiger partial charge in [0.1, 0.15) is 16.5 Å². The van der Waals surface area contributed by atoms with Crippen molar-refractivity contribution in [3.8, 4) is 5.75 Å². The monoisotopic (exact) mass is 369 g/mol. The molecule has 2 aromatic carbocycles. The van der Waals surface area contributed by atoms with Crippen molar-refractivity contribution in [1.29, 1.82) is 0 Å². The number of rotatable bonds is 4. The first-order chi connectivity index (χ1) is 12.6. The van der Waals surface area contributed by atoms with Crippen molar-refractivity contribution < 1.29 is 8.95 Å². The zero-order valence-corrected chi connectivity index (χ0v) is 16.1. The van der Waals surface area contributed by atoms with Gasteiger partial charge in [-0.05, 0) is 50.5 Å². The highest BCUT2D eigenvalue weighted by Crippen LogP contribution is 2.37. The molecule has 2 unspecified atom stereocenters. The summed E-state index contributed by atoms with van der Waals surface area (Å²) in [5.41, 5.74) is 4.01. The lowest BCUT2D eigenvalue weighted by Gasteiger charge is -2.37. The van der Waals surface area contributed by atoms with Crippen molar-refractivity contribution in [2.45, 2.75) is 42.8 Å². The van der Waals surface area contributed by atoms with E-state index in [1.807, 2.05) is 30.3 Å². The first-order valence-corrected chi connectivity index (χ1v) is 10.1. The second kappa shape index (κ2) is 6.76. The number of para-hydroxylation sites is 1. The van der Waals surface area contributed by atoms with E-state index in [1.54, 1.807) is 7.11 Å². The first kappa shape index (κ1) is 17.1. The average Bonchev–Trinajstić information content (AvgIpc) is 3.10. The van der Waals surface area contributed by atoms with Crippen molar-refractivity contribution in [3.05, 3.63) is 42.0 Å². The zero-order chi connectivity index (χ0) is 18.3. The van der Waals surface area contributed by atoms with Gasteiger partial charge >= 0.3 is 0 Å². The standard InChI is InChI=1S/C20H23N3O2S/c1-4-23-13(2)8-9-14-6-5-7-18(19(14)23)26(24)20-21-16-11-10-15(25-3)12-17(16)22-20/h5-7,10-13H,4,8-9H2,1-3H3,(H,21,22). The molecule has 1 aliphatic rings. The van der Waals surface area contributed by atoms with E-state index in [2.05, 4.69) is 34.8 Å². The van der Waals surface area contributed by atoms with Crippen LogP contribution in [0.15, 0.2) is 46.5 Å².